The molecule has 2 aliphatic carbocycles. The van der Waals surface area contributed by atoms with E-state index in [0.717, 1.165) is 30.5 Å². The SMILES string of the molecule is COc1ccc2c(c1O)[C@]13CCN(C)[C@H](C2)[C@@H]1C=CC(=O)C3.I. The third kappa shape index (κ3) is 2.23. The lowest BCUT2D eigenvalue weighted by atomic mass is 9.53. The summed E-state index contributed by atoms with van der Waals surface area (Å²) in [5.41, 5.74) is 1.85. The summed E-state index contributed by atoms with van der Waals surface area (Å²) in [5.74, 6) is 1.19. The Labute approximate surface area is 153 Å². The standard InChI is InChI=1S/C18H21NO3.HI/c1-19-8-7-18-10-12(20)4-5-13(18)14(19)9-11-3-6-15(22-2)17(21)16(11)18;/h3-6,13-14,21H,7-10H2,1-2H3;1H/t13-,14+,18-;/m0./s1. The van der Waals surface area contributed by atoms with Crippen LogP contribution in [0.3, 0.4) is 0 Å². The van der Waals surface area contributed by atoms with Gasteiger partial charge in [0, 0.05) is 29.4 Å². The van der Waals surface area contributed by atoms with Gasteiger partial charge in [-0.1, -0.05) is 12.1 Å². The number of methoxy groups -OCH3 is 1. The first-order chi connectivity index (χ1) is 10.6. The highest BCUT2D eigenvalue weighted by atomic mass is 127. The maximum atomic E-state index is 12.2. The molecule has 1 heterocycles. The van der Waals surface area contributed by atoms with Crippen molar-refractivity contribution in [1.82, 2.24) is 4.90 Å². The van der Waals surface area contributed by atoms with Crippen LogP contribution in [-0.2, 0) is 16.6 Å². The first-order valence-corrected chi connectivity index (χ1v) is 7.87. The molecule has 0 aromatic heterocycles. The molecule has 0 unspecified atom stereocenters. The largest absolute Gasteiger partial charge is 0.504 e. The van der Waals surface area contributed by atoms with E-state index in [1.165, 1.54) is 0 Å². The lowest BCUT2D eigenvalue weighted by molar-refractivity contribution is -0.118. The summed E-state index contributed by atoms with van der Waals surface area (Å²) in [6.45, 7) is 0.957. The fraction of sp³-hybridized carbons (Fsp3) is 0.500. The molecule has 5 heteroatoms. The molecule has 1 fully saturated rings. The van der Waals surface area contributed by atoms with E-state index in [1.54, 1.807) is 13.2 Å². The number of rotatable bonds is 1. The number of halogens is 1. The lowest BCUT2D eigenvalue weighted by Crippen LogP contribution is -2.59. The Bertz CT molecular complexity index is 687. The smallest absolute Gasteiger partial charge is 0.161 e. The van der Waals surface area contributed by atoms with Crippen LogP contribution >= 0.6 is 24.0 Å². The molecule has 0 radical (unpaired) electrons. The van der Waals surface area contributed by atoms with Gasteiger partial charge in [0.2, 0.25) is 0 Å². The summed E-state index contributed by atoms with van der Waals surface area (Å²) in [4.78, 5) is 14.6. The Hall–Kier alpha value is -1.08. The van der Waals surface area contributed by atoms with Gasteiger partial charge >= 0.3 is 0 Å². The van der Waals surface area contributed by atoms with E-state index >= 15 is 0 Å². The number of nitrogens with zero attached hydrogens (tertiary/aromatic N) is 1. The highest BCUT2D eigenvalue weighted by Gasteiger charge is 2.54. The zero-order valence-corrected chi connectivity index (χ0v) is 15.7. The second-order valence-corrected chi connectivity index (χ2v) is 6.84. The number of carbonyl (C=O) groups is 1. The Morgan fingerprint density at radius 1 is 1.39 bits per heavy atom. The second kappa shape index (κ2) is 5.77. The molecule has 23 heavy (non-hydrogen) atoms. The number of aromatic hydroxyl groups is 1. The van der Waals surface area contributed by atoms with Crippen molar-refractivity contribution < 1.29 is 14.6 Å². The van der Waals surface area contributed by atoms with E-state index in [0.29, 0.717) is 18.2 Å². The molecule has 0 saturated carbocycles. The van der Waals surface area contributed by atoms with E-state index in [-0.39, 0.29) is 46.8 Å². The Morgan fingerprint density at radius 2 is 2.17 bits per heavy atom. The molecule has 0 spiro atoms. The summed E-state index contributed by atoms with van der Waals surface area (Å²) in [5, 5.41) is 10.8. The lowest BCUT2D eigenvalue weighted by Gasteiger charge is -2.56. The number of phenols is 1. The van der Waals surface area contributed by atoms with Gasteiger partial charge < -0.3 is 14.7 Å². The van der Waals surface area contributed by atoms with Crippen LogP contribution < -0.4 is 4.74 Å². The summed E-state index contributed by atoms with van der Waals surface area (Å²) in [7, 11) is 3.73. The monoisotopic (exact) mass is 427 g/mol. The van der Waals surface area contributed by atoms with Crippen molar-refractivity contribution in [2.75, 3.05) is 20.7 Å². The number of allylic oxidation sites excluding steroid dienone is 1. The first-order valence-electron chi connectivity index (χ1n) is 7.87. The van der Waals surface area contributed by atoms with Gasteiger partial charge in [0.25, 0.3) is 0 Å². The Balaban J connectivity index is 0.00000156. The number of ether oxygens (including phenoxy) is 1. The van der Waals surface area contributed by atoms with Crippen molar-refractivity contribution >= 4 is 29.8 Å². The van der Waals surface area contributed by atoms with E-state index < -0.39 is 0 Å². The fourth-order valence-electron chi connectivity index (χ4n) is 4.84. The summed E-state index contributed by atoms with van der Waals surface area (Å²) >= 11 is 0. The molecule has 1 saturated heterocycles. The molecular weight excluding hydrogens is 405 g/mol. The van der Waals surface area contributed by atoms with Crippen LogP contribution in [0.5, 0.6) is 11.5 Å². The second-order valence-electron chi connectivity index (χ2n) is 6.84. The minimum Gasteiger partial charge on any atom is -0.504 e. The number of benzene rings is 1. The van der Waals surface area contributed by atoms with Crippen molar-refractivity contribution in [2.45, 2.75) is 30.7 Å². The van der Waals surface area contributed by atoms with Gasteiger partial charge in [0.05, 0.1) is 7.11 Å². The minimum absolute atomic E-state index is 0. The van der Waals surface area contributed by atoms with Crippen molar-refractivity contribution in [3.8, 4) is 11.5 Å². The maximum absolute atomic E-state index is 12.2. The topological polar surface area (TPSA) is 49.8 Å². The molecule has 1 aliphatic heterocycles. The number of fused-ring (bicyclic) bond motifs is 1. The number of phenolic OH excluding ortho intramolecular Hbond substituents is 1. The van der Waals surface area contributed by atoms with Gasteiger partial charge in [-0.2, -0.15) is 0 Å². The average molecular weight is 427 g/mol. The molecule has 0 amide bonds. The minimum atomic E-state index is -0.269. The molecule has 124 valence electrons. The van der Waals surface area contributed by atoms with Crippen LogP contribution in [0.4, 0.5) is 0 Å². The van der Waals surface area contributed by atoms with Crippen molar-refractivity contribution in [2.24, 2.45) is 5.92 Å². The molecule has 1 aromatic carbocycles. The van der Waals surface area contributed by atoms with Gasteiger partial charge in [-0.05, 0) is 44.1 Å². The zero-order valence-electron chi connectivity index (χ0n) is 13.4. The molecule has 4 rings (SSSR count). The third-order valence-electron chi connectivity index (χ3n) is 5.88. The van der Waals surface area contributed by atoms with Gasteiger partial charge in [-0.3, -0.25) is 4.79 Å². The van der Waals surface area contributed by atoms with Crippen molar-refractivity contribution in [1.29, 1.82) is 0 Å². The predicted molar refractivity (Wildman–Crippen MR) is 98.7 cm³/mol. The number of hydrogen-bond acceptors (Lipinski definition) is 4. The molecule has 3 atom stereocenters. The number of likely N-dealkylation sites (N-methyl/N-ethyl adjacent to an activating group) is 1. The average Bonchev–Trinajstić information content (AvgIpc) is 2.50. The van der Waals surface area contributed by atoms with E-state index in [1.807, 2.05) is 6.07 Å². The summed E-state index contributed by atoms with van der Waals surface area (Å²) in [6.07, 6.45) is 6.11. The maximum Gasteiger partial charge on any atom is 0.161 e. The van der Waals surface area contributed by atoms with E-state index in [4.69, 9.17) is 4.74 Å². The van der Waals surface area contributed by atoms with Gasteiger partial charge in [-0.25, -0.2) is 0 Å². The highest BCUT2D eigenvalue weighted by molar-refractivity contribution is 14.0. The molecule has 2 bridgehead atoms. The van der Waals surface area contributed by atoms with Crippen molar-refractivity contribution in [3.05, 3.63) is 35.4 Å². The normalized spacial score (nSPS) is 31.8. The number of piperidine rings is 1. The van der Waals surface area contributed by atoms with Crippen molar-refractivity contribution in [3.63, 3.8) is 0 Å². The fourth-order valence-corrected chi connectivity index (χ4v) is 4.84. The number of likely N-dealkylation sites (tertiary alicyclic amines) is 1. The highest BCUT2D eigenvalue weighted by Crippen LogP contribution is 2.56. The molecular formula is C18H22INO3. The first kappa shape index (κ1) is 16.8. The van der Waals surface area contributed by atoms with Gasteiger partial charge in [0.15, 0.2) is 17.3 Å². The number of ketones is 1. The molecule has 1 N–H and O–H groups in total. The number of hydrogen-bond donors (Lipinski definition) is 1. The molecule has 4 nitrogen and oxygen atoms in total. The van der Waals surface area contributed by atoms with E-state index in [2.05, 4.69) is 24.1 Å². The van der Waals surface area contributed by atoms with Crippen LogP contribution in [-0.4, -0.2) is 42.5 Å². The molecule has 3 aliphatic rings. The third-order valence-corrected chi connectivity index (χ3v) is 5.88. The van der Waals surface area contributed by atoms with Crippen LogP contribution in [0.15, 0.2) is 24.3 Å². The van der Waals surface area contributed by atoms with Crippen LogP contribution in [0.1, 0.15) is 24.0 Å². The van der Waals surface area contributed by atoms with Gasteiger partial charge in [0.1, 0.15) is 0 Å². The zero-order chi connectivity index (χ0) is 15.5. The Kier molecular flexibility index (Phi) is 4.21. The van der Waals surface area contributed by atoms with E-state index in [9.17, 15) is 9.90 Å². The Morgan fingerprint density at radius 3 is 2.91 bits per heavy atom. The van der Waals surface area contributed by atoms with Crippen LogP contribution in [0, 0.1) is 5.92 Å². The van der Waals surface area contributed by atoms with Crippen LogP contribution in [0.2, 0.25) is 0 Å². The quantitative estimate of drug-likeness (QED) is 0.701. The predicted octanol–water partition coefficient (Wildman–Crippen LogP) is 2.66. The summed E-state index contributed by atoms with van der Waals surface area (Å²) < 4.78 is 5.31. The summed E-state index contributed by atoms with van der Waals surface area (Å²) in [6, 6.07) is 4.29. The number of carbonyl (C=O) groups excluding carboxylic acids is 1. The molecule has 1 aromatic rings. The van der Waals surface area contributed by atoms with Gasteiger partial charge in [-0.15, -0.1) is 24.0 Å². The van der Waals surface area contributed by atoms with Crippen LogP contribution in [0.25, 0.3) is 0 Å².